The third-order valence-corrected chi connectivity index (χ3v) is 2.22. The maximum absolute atomic E-state index is 4.01. The minimum Gasteiger partial charge on any atom is -0.314 e. The molecule has 0 aromatic rings. The van der Waals surface area contributed by atoms with Crippen LogP contribution in [0, 0.1) is 0 Å². The van der Waals surface area contributed by atoms with Crippen molar-refractivity contribution in [2.24, 2.45) is 0 Å². The Kier molecular flexibility index (Phi) is 7.50. The van der Waals surface area contributed by atoms with Crippen LogP contribution >= 0.6 is 0 Å². The molecule has 0 spiro atoms. The highest BCUT2D eigenvalue weighted by Crippen LogP contribution is 2.11. The summed E-state index contributed by atoms with van der Waals surface area (Å²) in [4.78, 5) is 0. The van der Waals surface area contributed by atoms with E-state index in [0.29, 0.717) is 6.04 Å². The maximum atomic E-state index is 4.01. The van der Waals surface area contributed by atoms with Crippen molar-refractivity contribution >= 4 is 0 Å². The summed E-state index contributed by atoms with van der Waals surface area (Å²) >= 11 is 0. The third-order valence-electron chi connectivity index (χ3n) is 2.22. The predicted molar refractivity (Wildman–Crippen MR) is 65.6 cm³/mol. The van der Waals surface area contributed by atoms with Crippen LogP contribution < -0.4 is 5.32 Å². The predicted octanol–water partition coefficient (Wildman–Crippen LogP) is 3.68. The Bertz CT molecular complexity index is 189. The molecule has 1 N–H and O–H groups in total. The summed E-state index contributed by atoms with van der Waals surface area (Å²) in [7, 11) is 0. The highest BCUT2D eigenvalue weighted by atomic mass is 14.9. The van der Waals surface area contributed by atoms with Crippen LogP contribution in [-0.4, -0.2) is 12.6 Å². The van der Waals surface area contributed by atoms with Crippen LogP contribution in [0.4, 0.5) is 0 Å². The van der Waals surface area contributed by atoms with Gasteiger partial charge < -0.3 is 5.32 Å². The molecule has 82 valence electrons. The zero-order chi connectivity index (χ0) is 11.0. The Labute approximate surface area is 89.3 Å². The van der Waals surface area contributed by atoms with E-state index < -0.39 is 0 Å². The first kappa shape index (κ1) is 13.4. The third kappa shape index (κ3) is 8.06. The van der Waals surface area contributed by atoms with E-state index in [1.165, 1.54) is 11.1 Å². The van der Waals surface area contributed by atoms with E-state index in [1.807, 2.05) is 0 Å². The molecule has 0 aromatic heterocycles. The Hall–Kier alpha value is -0.560. The van der Waals surface area contributed by atoms with E-state index >= 15 is 0 Å². The van der Waals surface area contributed by atoms with Gasteiger partial charge >= 0.3 is 0 Å². The smallest absolute Gasteiger partial charge is 0.00105 e. The Morgan fingerprint density at radius 1 is 1.43 bits per heavy atom. The molecule has 0 rings (SSSR count). The second-order valence-electron chi connectivity index (χ2n) is 4.23. The number of hydrogen-bond acceptors (Lipinski definition) is 1. The minimum absolute atomic E-state index is 0.592. The van der Waals surface area contributed by atoms with Gasteiger partial charge in [-0.25, -0.2) is 0 Å². The number of nitrogens with one attached hydrogen (secondary N) is 1. The van der Waals surface area contributed by atoms with Crippen LogP contribution in [0.15, 0.2) is 23.8 Å². The fraction of sp³-hybridized carbons (Fsp3) is 0.692. The number of allylic oxidation sites excluding steroid dienone is 2. The monoisotopic (exact) mass is 195 g/mol. The van der Waals surface area contributed by atoms with Gasteiger partial charge in [0.15, 0.2) is 0 Å². The Balaban J connectivity index is 3.61. The lowest BCUT2D eigenvalue weighted by Gasteiger charge is -2.06. The summed E-state index contributed by atoms with van der Waals surface area (Å²) in [6, 6.07) is 0.592. The molecule has 0 aliphatic carbocycles. The molecule has 0 saturated carbocycles. The average Bonchev–Trinajstić information content (AvgIpc) is 2.12. The van der Waals surface area contributed by atoms with Crippen LogP contribution in [0.1, 0.15) is 47.0 Å². The fourth-order valence-electron chi connectivity index (χ4n) is 1.28. The lowest BCUT2D eigenvalue weighted by Crippen LogP contribution is -2.23. The van der Waals surface area contributed by atoms with Gasteiger partial charge in [0.05, 0.1) is 0 Å². The molecule has 0 aliphatic heterocycles. The summed E-state index contributed by atoms with van der Waals surface area (Å²) in [5.74, 6) is 0. The first-order valence-electron chi connectivity index (χ1n) is 5.62. The van der Waals surface area contributed by atoms with Crippen molar-refractivity contribution in [1.82, 2.24) is 5.32 Å². The standard InChI is InChI=1S/C13H25N/c1-6-12(4)10-13(5)8-7-9-14-11(2)3/h8,11,14H,4,6-7,9-10H2,1-3,5H3. The molecule has 0 amide bonds. The highest BCUT2D eigenvalue weighted by Gasteiger charge is 1.94. The quantitative estimate of drug-likeness (QED) is 0.483. The molecule has 0 radical (unpaired) electrons. The summed E-state index contributed by atoms with van der Waals surface area (Å²) in [5.41, 5.74) is 2.78. The summed E-state index contributed by atoms with van der Waals surface area (Å²) < 4.78 is 0. The zero-order valence-corrected chi connectivity index (χ0v) is 10.2. The highest BCUT2D eigenvalue weighted by molar-refractivity contribution is 5.10. The second kappa shape index (κ2) is 7.81. The van der Waals surface area contributed by atoms with E-state index in [2.05, 4.69) is 45.7 Å². The second-order valence-corrected chi connectivity index (χ2v) is 4.23. The van der Waals surface area contributed by atoms with Gasteiger partial charge in [-0.05, 0) is 32.7 Å². The molecular formula is C13H25N. The number of rotatable bonds is 7. The normalized spacial score (nSPS) is 12.2. The Morgan fingerprint density at radius 2 is 2.07 bits per heavy atom. The first-order valence-corrected chi connectivity index (χ1v) is 5.62. The van der Waals surface area contributed by atoms with Crippen molar-refractivity contribution < 1.29 is 0 Å². The molecule has 0 saturated heterocycles. The van der Waals surface area contributed by atoms with Crippen LogP contribution in [0.25, 0.3) is 0 Å². The molecule has 0 bridgehead atoms. The van der Waals surface area contributed by atoms with Crippen molar-refractivity contribution in [3.05, 3.63) is 23.8 Å². The lowest BCUT2D eigenvalue weighted by molar-refractivity contribution is 0.594. The van der Waals surface area contributed by atoms with E-state index in [9.17, 15) is 0 Å². The van der Waals surface area contributed by atoms with Crippen LogP contribution in [0.3, 0.4) is 0 Å². The van der Waals surface area contributed by atoms with E-state index in [-0.39, 0.29) is 0 Å². The molecule has 0 unspecified atom stereocenters. The van der Waals surface area contributed by atoms with Crippen molar-refractivity contribution in [3.8, 4) is 0 Å². The molecule has 1 heteroatoms. The molecule has 1 nitrogen and oxygen atoms in total. The summed E-state index contributed by atoms with van der Waals surface area (Å²) in [5, 5.41) is 3.40. The van der Waals surface area contributed by atoms with Gasteiger partial charge in [-0.15, -0.1) is 0 Å². The first-order chi connectivity index (χ1) is 6.56. The van der Waals surface area contributed by atoms with Crippen LogP contribution in [0.5, 0.6) is 0 Å². The van der Waals surface area contributed by atoms with Crippen molar-refractivity contribution in [2.45, 2.75) is 53.0 Å². The van der Waals surface area contributed by atoms with Crippen molar-refractivity contribution in [2.75, 3.05) is 6.54 Å². The molecule has 14 heavy (non-hydrogen) atoms. The summed E-state index contributed by atoms with van der Waals surface area (Å²) in [6.07, 6.45) is 5.60. The van der Waals surface area contributed by atoms with Gasteiger partial charge in [0.2, 0.25) is 0 Å². The molecule has 0 atom stereocenters. The largest absolute Gasteiger partial charge is 0.314 e. The Morgan fingerprint density at radius 3 is 2.57 bits per heavy atom. The number of hydrogen-bond donors (Lipinski definition) is 1. The molecule has 0 aliphatic rings. The van der Waals surface area contributed by atoms with Gasteiger partial charge in [-0.2, -0.15) is 0 Å². The lowest BCUT2D eigenvalue weighted by atomic mass is 10.1. The SMILES string of the molecule is C=C(CC)CC(C)=CCCNC(C)C. The van der Waals surface area contributed by atoms with Crippen LogP contribution in [-0.2, 0) is 0 Å². The fourth-order valence-corrected chi connectivity index (χ4v) is 1.28. The van der Waals surface area contributed by atoms with E-state index in [1.54, 1.807) is 0 Å². The summed E-state index contributed by atoms with van der Waals surface area (Å²) in [6.45, 7) is 13.8. The van der Waals surface area contributed by atoms with Gasteiger partial charge in [0.1, 0.15) is 0 Å². The van der Waals surface area contributed by atoms with Gasteiger partial charge in [0, 0.05) is 6.04 Å². The topological polar surface area (TPSA) is 12.0 Å². The zero-order valence-electron chi connectivity index (χ0n) is 10.2. The van der Waals surface area contributed by atoms with Gasteiger partial charge in [-0.1, -0.05) is 44.6 Å². The van der Waals surface area contributed by atoms with Crippen molar-refractivity contribution in [1.29, 1.82) is 0 Å². The van der Waals surface area contributed by atoms with Crippen LogP contribution in [0.2, 0.25) is 0 Å². The minimum atomic E-state index is 0.592. The molecular weight excluding hydrogens is 170 g/mol. The van der Waals surface area contributed by atoms with E-state index in [4.69, 9.17) is 0 Å². The average molecular weight is 195 g/mol. The van der Waals surface area contributed by atoms with Crippen molar-refractivity contribution in [3.63, 3.8) is 0 Å². The molecule has 0 aromatic carbocycles. The van der Waals surface area contributed by atoms with Gasteiger partial charge in [-0.3, -0.25) is 0 Å². The maximum Gasteiger partial charge on any atom is 0.00105 e. The molecule has 0 fully saturated rings. The van der Waals surface area contributed by atoms with Gasteiger partial charge in [0.25, 0.3) is 0 Å². The van der Waals surface area contributed by atoms with E-state index in [0.717, 1.165) is 25.8 Å². The molecule has 0 heterocycles.